The minimum absolute atomic E-state index is 0.0171. The topological polar surface area (TPSA) is 72.3 Å². The van der Waals surface area contributed by atoms with E-state index in [0.29, 0.717) is 13.1 Å². The monoisotopic (exact) mass is 327 g/mol. The standard InChI is InChI=1S/C15H25N3O3S/c1-11-9-12(2)18(16-11)10-14-7-5-6-8-17(14)15(19)13(3)22(4,20)21/h9,13-14H,5-8,10H2,1-4H3/t13-,14-/m0/s1. The number of hydrogen-bond acceptors (Lipinski definition) is 4. The molecule has 0 spiro atoms. The second-order valence-corrected chi connectivity index (χ2v) is 8.63. The molecule has 0 radical (unpaired) electrons. The highest BCUT2D eigenvalue weighted by Gasteiger charge is 2.34. The molecule has 1 fully saturated rings. The van der Waals surface area contributed by atoms with Crippen LogP contribution in [0.4, 0.5) is 0 Å². The molecule has 0 unspecified atom stereocenters. The van der Waals surface area contributed by atoms with Gasteiger partial charge in [-0.25, -0.2) is 8.42 Å². The van der Waals surface area contributed by atoms with Gasteiger partial charge in [0.2, 0.25) is 5.91 Å². The molecule has 0 saturated carbocycles. The fourth-order valence-electron chi connectivity index (χ4n) is 2.96. The predicted octanol–water partition coefficient (Wildman–Crippen LogP) is 1.31. The molecule has 2 heterocycles. The smallest absolute Gasteiger partial charge is 0.240 e. The number of amides is 1. The Labute approximate surface area is 132 Å². The lowest BCUT2D eigenvalue weighted by atomic mass is 10.0. The summed E-state index contributed by atoms with van der Waals surface area (Å²) in [6.07, 6.45) is 3.99. The number of aromatic nitrogens is 2. The Morgan fingerprint density at radius 1 is 1.41 bits per heavy atom. The van der Waals surface area contributed by atoms with Crippen molar-refractivity contribution >= 4 is 15.7 Å². The number of aryl methyl sites for hydroxylation is 2. The van der Waals surface area contributed by atoms with Crippen molar-refractivity contribution in [3.8, 4) is 0 Å². The lowest BCUT2D eigenvalue weighted by Crippen LogP contribution is -2.50. The van der Waals surface area contributed by atoms with E-state index in [1.165, 1.54) is 6.92 Å². The quantitative estimate of drug-likeness (QED) is 0.836. The summed E-state index contributed by atoms with van der Waals surface area (Å²) in [5.41, 5.74) is 2.02. The highest BCUT2D eigenvalue weighted by atomic mass is 32.2. The first-order chi connectivity index (χ1) is 10.2. The third-order valence-corrected chi connectivity index (χ3v) is 5.87. The summed E-state index contributed by atoms with van der Waals surface area (Å²) in [5.74, 6) is -0.284. The van der Waals surface area contributed by atoms with Crippen molar-refractivity contribution in [2.75, 3.05) is 12.8 Å². The molecule has 124 valence electrons. The first-order valence-corrected chi connectivity index (χ1v) is 9.66. The van der Waals surface area contributed by atoms with Crippen LogP contribution < -0.4 is 0 Å². The molecule has 1 aliphatic rings. The number of hydrogen-bond donors (Lipinski definition) is 0. The Balaban J connectivity index is 2.18. The molecule has 1 aromatic rings. The van der Waals surface area contributed by atoms with E-state index in [-0.39, 0.29) is 11.9 Å². The van der Waals surface area contributed by atoms with Gasteiger partial charge in [-0.15, -0.1) is 0 Å². The average Bonchev–Trinajstić information content (AvgIpc) is 2.75. The molecule has 6 nitrogen and oxygen atoms in total. The van der Waals surface area contributed by atoms with Crippen molar-refractivity contribution in [1.29, 1.82) is 0 Å². The number of likely N-dealkylation sites (tertiary alicyclic amines) is 1. The fraction of sp³-hybridized carbons (Fsp3) is 0.733. The highest BCUT2D eigenvalue weighted by Crippen LogP contribution is 2.21. The summed E-state index contributed by atoms with van der Waals surface area (Å²) in [6.45, 7) is 6.67. The van der Waals surface area contributed by atoms with Gasteiger partial charge in [-0.05, 0) is 46.1 Å². The van der Waals surface area contributed by atoms with Gasteiger partial charge in [-0.1, -0.05) is 0 Å². The molecular formula is C15H25N3O3S. The second-order valence-electron chi connectivity index (χ2n) is 6.26. The van der Waals surface area contributed by atoms with Crippen LogP contribution >= 0.6 is 0 Å². The number of piperidine rings is 1. The molecule has 1 saturated heterocycles. The fourth-order valence-corrected chi connectivity index (χ4v) is 3.46. The molecule has 0 aliphatic carbocycles. The summed E-state index contributed by atoms with van der Waals surface area (Å²) in [5, 5.41) is 3.47. The zero-order valence-electron chi connectivity index (χ0n) is 13.7. The van der Waals surface area contributed by atoms with Crippen molar-refractivity contribution < 1.29 is 13.2 Å². The van der Waals surface area contributed by atoms with Crippen LogP contribution in [0.5, 0.6) is 0 Å². The number of nitrogens with zero attached hydrogens (tertiary/aromatic N) is 3. The summed E-state index contributed by atoms with van der Waals surface area (Å²) in [4.78, 5) is 14.3. The van der Waals surface area contributed by atoms with E-state index < -0.39 is 15.1 Å². The van der Waals surface area contributed by atoms with E-state index in [9.17, 15) is 13.2 Å². The Hall–Kier alpha value is -1.37. The highest BCUT2D eigenvalue weighted by molar-refractivity contribution is 7.92. The maximum atomic E-state index is 12.6. The van der Waals surface area contributed by atoms with Gasteiger partial charge in [0.05, 0.1) is 18.3 Å². The normalized spacial score (nSPS) is 20.9. The molecule has 7 heteroatoms. The van der Waals surface area contributed by atoms with E-state index in [2.05, 4.69) is 5.10 Å². The Morgan fingerprint density at radius 3 is 2.64 bits per heavy atom. The van der Waals surface area contributed by atoms with Crippen molar-refractivity contribution in [2.45, 2.75) is 57.9 Å². The van der Waals surface area contributed by atoms with Crippen molar-refractivity contribution in [3.05, 3.63) is 17.5 Å². The predicted molar refractivity (Wildman–Crippen MR) is 85.4 cm³/mol. The van der Waals surface area contributed by atoms with Gasteiger partial charge in [0, 0.05) is 18.5 Å². The van der Waals surface area contributed by atoms with E-state index in [1.807, 2.05) is 24.6 Å². The number of sulfone groups is 1. The summed E-state index contributed by atoms with van der Waals surface area (Å²) < 4.78 is 25.3. The molecule has 0 N–H and O–H groups in total. The van der Waals surface area contributed by atoms with Crippen LogP contribution in [0.1, 0.15) is 37.6 Å². The van der Waals surface area contributed by atoms with Crippen LogP contribution in [0.3, 0.4) is 0 Å². The molecule has 0 aromatic carbocycles. The van der Waals surface area contributed by atoms with Crippen molar-refractivity contribution in [2.24, 2.45) is 0 Å². The van der Waals surface area contributed by atoms with Gasteiger partial charge in [-0.2, -0.15) is 5.10 Å². The number of carbonyl (C=O) groups excluding carboxylic acids is 1. The van der Waals surface area contributed by atoms with Crippen molar-refractivity contribution in [3.63, 3.8) is 0 Å². The van der Waals surface area contributed by atoms with Crippen LogP contribution in [0.15, 0.2) is 6.07 Å². The SMILES string of the molecule is Cc1cc(C)n(C[C@@H]2CCCCN2C(=O)[C@H](C)S(C)(=O)=O)n1. The van der Waals surface area contributed by atoms with Crippen LogP contribution in [-0.2, 0) is 21.2 Å². The third kappa shape index (κ3) is 3.69. The average molecular weight is 327 g/mol. The van der Waals surface area contributed by atoms with Crippen LogP contribution in [0.25, 0.3) is 0 Å². The van der Waals surface area contributed by atoms with Gasteiger partial charge in [0.1, 0.15) is 5.25 Å². The molecule has 1 amide bonds. The minimum atomic E-state index is -3.37. The first-order valence-electron chi connectivity index (χ1n) is 7.70. The third-order valence-electron chi connectivity index (χ3n) is 4.39. The first kappa shape index (κ1) is 17.0. The van der Waals surface area contributed by atoms with Gasteiger partial charge >= 0.3 is 0 Å². The maximum absolute atomic E-state index is 12.6. The maximum Gasteiger partial charge on any atom is 0.240 e. The van der Waals surface area contributed by atoms with Crippen LogP contribution in [0.2, 0.25) is 0 Å². The van der Waals surface area contributed by atoms with Crippen molar-refractivity contribution in [1.82, 2.24) is 14.7 Å². The summed E-state index contributed by atoms with van der Waals surface area (Å²) in [6, 6.07) is 2.03. The second kappa shape index (κ2) is 6.40. The van der Waals surface area contributed by atoms with E-state index in [0.717, 1.165) is 36.9 Å². The Morgan fingerprint density at radius 2 is 2.09 bits per heavy atom. The van der Waals surface area contributed by atoms with Gasteiger partial charge in [0.25, 0.3) is 0 Å². The lowest BCUT2D eigenvalue weighted by molar-refractivity contribution is -0.134. The van der Waals surface area contributed by atoms with E-state index >= 15 is 0 Å². The Bertz CT molecular complexity index is 651. The molecule has 2 atom stereocenters. The van der Waals surface area contributed by atoms with Gasteiger partial charge < -0.3 is 4.90 Å². The van der Waals surface area contributed by atoms with Gasteiger partial charge in [0.15, 0.2) is 9.84 Å². The van der Waals surface area contributed by atoms with E-state index in [4.69, 9.17) is 0 Å². The number of carbonyl (C=O) groups is 1. The van der Waals surface area contributed by atoms with Crippen LogP contribution in [-0.4, -0.2) is 53.1 Å². The largest absolute Gasteiger partial charge is 0.337 e. The molecule has 0 bridgehead atoms. The molecule has 2 rings (SSSR count). The van der Waals surface area contributed by atoms with Crippen LogP contribution in [0, 0.1) is 13.8 Å². The lowest BCUT2D eigenvalue weighted by Gasteiger charge is -2.37. The van der Waals surface area contributed by atoms with E-state index in [1.54, 1.807) is 4.90 Å². The summed E-state index contributed by atoms with van der Waals surface area (Å²) in [7, 11) is -3.37. The summed E-state index contributed by atoms with van der Waals surface area (Å²) >= 11 is 0. The molecular weight excluding hydrogens is 302 g/mol. The zero-order valence-corrected chi connectivity index (χ0v) is 14.6. The molecule has 22 heavy (non-hydrogen) atoms. The minimum Gasteiger partial charge on any atom is -0.337 e. The zero-order chi connectivity index (χ0) is 16.5. The van der Waals surface area contributed by atoms with Gasteiger partial charge in [-0.3, -0.25) is 9.48 Å². The molecule has 1 aliphatic heterocycles. The Kier molecular flexibility index (Phi) is 4.94. The number of rotatable bonds is 4. The molecule has 1 aromatic heterocycles.